The molecule has 1 heterocycles. The van der Waals surface area contributed by atoms with Crippen molar-refractivity contribution in [3.8, 4) is 0 Å². The van der Waals surface area contributed by atoms with Crippen LogP contribution in [0.3, 0.4) is 0 Å². The number of carbonyl (C=O) groups excluding carboxylic acids is 1. The second kappa shape index (κ2) is 7.67. The SMILES string of the molecule is COCCN(CC(C)C)C(=O)C1CCCCN1. The molecule has 1 aliphatic heterocycles. The lowest BCUT2D eigenvalue weighted by Crippen LogP contribution is -2.50. The number of methoxy groups -OCH3 is 1. The van der Waals surface area contributed by atoms with Gasteiger partial charge < -0.3 is 15.0 Å². The van der Waals surface area contributed by atoms with Crippen LogP contribution in [-0.4, -0.2) is 50.2 Å². The smallest absolute Gasteiger partial charge is 0.239 e. The Balaban J connectivity index is 2.50. The number of hydrogen-bond acceptors (Lipinski definition) is 3. The molecule has 1 atom stereocenters. The number of carbonyl (C=O) groups is 1. The van der Waals surface area contributed by atoms with Crippen LogP contribution in [0.1, 0.15) is 33.1 Å². The average molecular weight is 242 g/mol. The average Bonchev–Trinajstić information content (AvgIpc) is 2.34. The summed E-state index contributed by atoms with van der Waals surface area (Å²) in [6.07, 6.45) is 3.32. The number of nitrogens with one attached hydrogen (secondary N) is 1. The summed E-state index contributed by atoms with van der Waals surface area (Å²) in [5.41, 5.74) is 0. The van der Waals surface area contributed by atoms with Crippen molar-refractivity contribution < 1.29 is 9.53 Å². The topological polar surface area (TPSA) is 41.6 Å². The van der Waals surface area contributed by atoms with E-state index in [1.165, 1.54) is 6.42 Å². The van der Waals surface area contributed by atoms with Gasteiger partial charge in [0, 0.05) is 20.2 Å². The van der Waals surface area contributed by atoms with E-state index in [4.69, 9.17) is 4.74 Å². The Kier molecular flexibility index (Phi) is 6.52. The molecule has 1 N–H and O–H groups in total. The second-order valence-electron chi connectivity index (χ2n) is 5.17. The Morgan fingerprint density at radius 1 is 1.47 bits per heavy atom. The van der Waals surface area contributed by atoms with Gasteiger partial charge in [-0.25, -0.2) is 0 Å². The molecule has 0 aliphatic carbocycles. The van der Waals surface area contributed by atoms with Crippen LogP contribution in [-0.2, 0) is 9.53 Å². The summed E-state index contributed by atoms with van der Waals surface area (Å²) in [6.45, 7) is 7.39. The largest absolute Gasteiger partial charge is 0.383 e. The minimum atomic E-state index is 0.0272. The van der Waals surface area contributed by atoms with Crippen LogP contribution in [0.4, 0.5) is 0 Å². The summed E-state index contributed by atoms with van der Waals surface area (Å²) in [5.74, 6) is 0.745. The Hall–Kier alpha value is -0.610. The number of ether oxygens (including phenoxy) is 1. The van der Waals surface area contributed by atoms with E-state index in [1.54, 1.807) is 7.11 Å². The lowest BCUT2D eigenvalue weighted by atomic mass is 10.0. The van der Waals surface area contributed by atoms with Crippen LogP contribution in [0.15, 0.2) is 0 Å². The van der Waals surface area contributed by atoms with Crippen molar-refractivity contribution in [1.29, 1.82) is 0 Å². The predicted molar refractivity (Wildman–Crippen MR) is 68.9 cm³/mol. The third kappa shape index (κ3) is 5.04. The highest BCUT2D eigenvalue weighted by atomic mass is 16.5. The fourth-order valence-corrected chi connectivity index (χ4v) is 2.22. The monoisotopic (exact) mass is 242 g/mol. The minimum Gasteiger partial charge on any atom is -0.383 e. The van der Waals surface area contributed by atoms with E-state index in [1.807, 2.05) is 4.90 Å². The van der Waals surface area contributed by atoms with Crippen LogP contribution >= 0.6 is 0 Å². The molecule has 0 aromatic carbocycles. The molecule has 4 nitrogen and oxygen atoms in total. The van der Waals surface area contributed by atoms with Crippen molar-refractivity contribution in [1.82, 2.24) is 10.2 Å². The number of piperidine rings is 1. The van der Waals surface area contributed by atoms with Gasteiger partial charge in [0.15, 0.2) is 0 Å². The molecule has 1 fully saturated rings. The third-order valence-electron chi connectivity index (χ3n) is 3.07. The van der Waals surface area contributed by atoms with Crippen LogP contribution < -0.4 is 5.32 Å². The molecule has 0 aromatic heterocycles. The fraction of sp³-hybridized carbons (Fsp3) is 0.923. The third-order valence-corrected chi connectivity index (χ3v) is 3.07. The van der Waals surface area contributed by atoms with Gasteiger partial charge in [-0.05, 0) is 25.3 Å². The lowest BCUT2D eigenvalue weighted by Gasteiger charge is -2.31. The molecule has 1 unspecified atom stereocenters. The zero-order chi connectivity index (χ0) is 12.7. The number of hydrogen-bond donors (Lipinski definition) is 1. The Morgan fingerprint density at radius 3 is 2.76 bits per heavy atom. The summed E-state index contributed by atoms with van der Waals surface area (Å²) >= 11 is 0. The number of amides is 1. The highest BCUT2D eigenvalue weighted by Gasteiger charge is 2.25. The van der Waals surface area contributed by atoms with E-state index >= 15 is 0 Å². The van der Waals surface area contributed by atoms with Gasteiger partial charge in [-0.1, -0.05) is 20.3 Å². The molecule has 0 bridgehead atoms. The lowest BCUT2D eigenvalue weighted by molar-refractivity contribution is -0.135. The van der Waals surface area contributed by atoms with E-state index in [0.29, 0.717) is 19.1 Å². The van der Waals surface area contributed by atoms with Gasteiger partial charge in [0.05, 0.1) is 12.6 Å². The molecule has 1 aliphatic rings. The van der Waals surface area contributed by atoms with E-state index in [0.717, 1.165) is 25.9 Å². The minimum absolute atomic E-state index is 0.0272. The number of rotatable bonds is 6. The summed E-state index contributed by atoms with van der Waals surface area (Å²) in [7, 11) is 1.68. The number of nitrogens with zero attached hydrogens (tertiary/aromatic N) is 1. The van der Waals surface area contributed by atoms with Gasteiger partial charge in [0.1, 0.15) is 0 Å². The normalized spacial score (nSPS) is 20.6. The highest BCUT2D eigenvalue weighted by Crippen LogP contribution is 2.11. The van der Waals surface area contributed by atoms with Gasteiger partial charge in [-0.15, -0.1) is 0 Å². The highest BCUT2D eigenvalue weighted by molar-refractivity contribution is 5.82. The molecule has 1 saturated heterocycles. The van der Waals surface area contributed by atoms with Crippen molar-refractivity contribution in [2.75, 3.05) is 33.4 Å². The molecule has 1 rings (SSSR count). The van der Waals surface area contributed by atoms with Crippen LogP contribution in [0.5, 0.6) is 0 Å². The van der Waals surface area contributed by atoms with Crippen molar-refractivity contribution in [3.05, 3.63) is 0 Å². The van der Waals surface area contributed by atoms with Crippen LogP contribution in [0, 0.1) is 5.92 Å². The predicted octanol–water partition coefficient (Wildman–Crippen LogP) is 1.26. The first-order valence-corrected chi connectivity index (χ1v) is 6.66. The molecular weight excluding hydrogens is 216 g/mol. The molecule has 0 spiro atoms. The molecule has 1 amide bonds. The maximum Gasteiger partial charge on any atom is 0.239 e. The van der Waals surface area contributed by atoms with E-state index in [9.17, 15) is 4.79 Å². The molecule has 100 valence electrons. The fourth-order valence-electron chi connectivity index (χ4n) is 2.22. The standard InChI is InChI=1S/C13H26N2O2/c1-11(2)10-15(8-9-17-3)13(16)12-6-4-5-7-14-12/h11-12,14H,4-10H2,1-3H3. The van der Waals surface area contributed by atoms with E-state index < -0.39 is 0 Å². The second-order valence-corrected chi connectivity index (χ2v) is 5.17. The van der Waals surface area contributed by atoms with Crippen molar-refractivity contribution in [2.45, 2.75) is 39.2 Å². The summed E-state index contributed by atoms with van der Waals surface area (Å²) < 4.78 is 5.08. The molecule has 17 heavy (non-hydrogen) atoms. The Labute approximate surface area is 105 Å². The first-order chi connectivity index (χ1) is 8.15. The maximum atomic E-state index is 12.3. The zero-order valence-corrected chi connectivity index (χ0v) is 11.4. The Bertz CT molecular complexity index is 225. The maximum absolute atomic E-state index is 12.3. The van der Waals surface area contributed by atoms with Crippen molar-refractivity contribution in [3.63, 3.8) is 0 Å². The molecule has 0 radical (unpaired) electrons. The van der Waals surface area contributed by atoms with Gasteiger partial charge >= 0.3 is 0 Å². The summed E-state index contributed by atoms with van der Waals surface area (Å²) in [4.78, 5) is 14.3. The molecule has 0 saturated carbocycles. The zero-order valence-electron chi connectivity index (χ0n) is 11.4. The van der Waals surface area contributed by atoms with Gasteiger partial charge in [0.25, 0.3) is 0 Å². The quantitative estimate of drug-likeness (QED) is 0.762. The Morgan fingerprint density at radius 2 is 2.24 bits per heavy atom. The van der Waals surface area contributed by atoms with Crippen molar-refractivity contribution >= 4 is 5.91 Å². The van der Waals surface area contributed by atoms with Crippen LogP contribution in [0.25, 0.3) is 0 Å². The first kappa shape index (κ1) is 14.5. The summed E-state index contributed by atoms with van der Waals surface area (Å²) in [6, 6.07) is 0.0272. The summed E-state index contributed by atoms with van der Waals surface area (Å²) in [5, 5.41) is 3.32. The van der Waals surface area contributed by atoms with E-state index in [2.05, 4.69) is 19.2 Å². The van der Waals surface area contributed by atoms with Crippen LogP contribution in [0.2, 0.25) is 0 Å². The van der Waals surface area contributed by atoms with E-state index in [-0.39, 0.29) is 11.9 Å². The van der Waals surface area contributed by atoms with Gasteiger partial charge in [-0.3, -0.25) is 4.79 Å². The van der Waals surface area contributed by atoms with Gasteiger partial charge in [-0.2, -0.15) is 0 Å². The van der Waals surface area contributed by atoms with Crippen molar-refractivity contribution in [2.24, 2.45) is 5.92 Å². The first-order valence-electron chi connectivity index (χ1n) is 6.66. The molecule has 4 heteroatoms. The molecule has 0 aromatic rings. The van der Waals surface area contributed by atoms with Gasteiger partial charge in [0.2, 0.25) is 5.91 Å². The molecular formula is C13H26N2O2.